The molecular formula is C14H24N4O2. The van der Waals surface area contributed by atoms with Gasteiger partial charge in [-0.25, -0.2) is 14.2 Å². The molecule has 6 nitrogen and oxygen atoms in total. The highest BCUT2D eigenvalue weighted by atomic mass is 16.2. The Morgan fingerprint density at radius 1 is 1.05 bits per heavy atom. The first kappa shape index (κ1) is 14.8. The SMILES string of the molecule is CN(C)c1nc(=O)n(C2CCCCCCC2)c(=O)n1C. The first-order valence-corrected chi connectivity index (χ1v) is 7.39. The molecule has 20 heavy (non-hydrogen) atoms. The molecule has 0 aromatic carbocycles. The first-order valence-electron chi connectivity index (χ1n) is 7.39. The number of anilines is 1. The van der Waals surface area contributed by atoms with E-state index in [1.807, 2.05) is 0 Å². The van der Waals surface area contributed by atoms with Crippen molar-refractivity contribution in [3.8, 4) is 0 Å². The van der Waals surface area contributed by atoms with Crippen LogP contribution in [0.2, 0.25) is 0 Å². The molecule has 1 aromatic heterocycles. The molecular weight excluding hydrogens is 256 g/mol. The minimum atomic E-state index is -0.414. The Balaban J connectivity index is 2.43. The van der Waals surface area contributed by atoms with E-state index in [4.69, 9.17) is 0 Å². The predicted octanol–water partition coefficient (Wildman–Crippen LogP) is 1.29. The van der Waals surface area contributed by atoms with Crippen molar-refractivity contribution in [1.29, 1.82) is 0 Å². The number of rotatable bonds is 2. The van der Waals surface area contributed by atoms with Crippen LogP contribution in [0.3, 0.4) is 0 Å². The van der Waals surface area contributed by atoms with Crippen LogP contribution in [0.5, 0.6) is 0 Å². The van der Waals surface area contributed by atoms with Crippen molar-refractivity contribution >= 4 is 5.95 Å². The molecule has 0 saturated heterocycles. The summed E-state index contributed by atoms with van der Waals surface area (Å²) in [5.74, 6) is 0.405. The maximum absolute atomic E-state index is 12.5. The summed E-state index contributed by atoms with van der Waals surface area (Å²) in [6.07, 6.45) is 7.60. The Morgan fingerprint density at radius 3 is 2.15 bits per heavy atom. The second-order valence-electron chi connectivity index (χ2n) is 5.80. The highest BCUT2D eigenvalue weighted by Crippen LogP contribution is 2.24. The summed E-state index contributed by atoms with van der Waals surface area (Å²) in [5, 5.41) is 0. The van der Waals surface area contributed by atoms with Crippen LogP contribution in [0.25, 0.3) is 0 Å². The van der Waals surface area contributed by atoms with Gasteiger partial charge in [0.15, 0.2) is 0 Å². The van der Waals surface area contributed by atoms with E-state index in [0.29, 0.717) is 5.95 Å². The van der Waals surface area contributed by atoms with Gasteiger partial charge >= 0.3 is 11.4 Å². The largest absolute Gasteiger partial charge is 0.355 e. The van der Waals surface area contributed by atoms with Crippen molar-refractivity contribution in [3.05, 3.63) is 21.0 Å². The quantitative estimate of drug-likeness (QED) is 0.819. The van der Waals surface area contributed by atoms with Gasteiger partial charge in [0, 0.05) is 27.2 Å². The van der Waals surface area contributed by atoms with E-state index >= 15 is 0 Å². The smallest absolute Gasteiger partial charge is 0.348 e. The standard InChI is InChI=1S/C14H24N4O2/c1-16(2)12-15-13(19)18(14(20)17(12)3)11-9-7-5-4-6-8-10-11/h11H,4-10H2,1-3H3. The predicted molar refractivity (Wildman–Crippen MR) is 79.4 cm³/mol. The van der Waals surface area contributed by atoms with E-state index in [0.717, 1.165) is 25.7 Å². The fourth-order valence-corrected chi connectivity index (χ4v) is 2.95. The van der Waals surface area contributed by atoms with Crippen molar-refractivity contribution in [2.24, 2.45) is 7.05 Å². The molecule has 1 saturated carbocycles. The van der Waals surface area contributed by atoms with Crippen molar-refractivity contribution in [1.82, 2.24) is 14.1 Å². The van der Waals surface area contributed by atoms with Gasteiger partial charge < -0.3 is 4.90 Å². The third-order valence-corrected chi connectivity index (χ3v) is 4.03. The van der Waals surface area contributed by atoms with Gasteiger partial charge in [-0.2, -0.15) is 4.98 Å². The summed E-state index contributed by atoms with van der Waals surface area (Å²) in [7, 11) is 5.23. The van der Waals surface area contributed by atoms with Crippen molar-refractivity contribution in [2.45, 2.75) is 51.0 Å². The highest BCUT2D eigenvalue weighted by molar-refractivity contribution is 5.25. The van der Waals surface area contributed by atoms with Crippen LogP contribution >= 0.6 is 0 Å². The molecule has 1 aromatic rings. The van der Waals surface area contributed by atoms with E-state index in [2.05, 4.69) is 4.98 Å². The number of aromatic nitrogens is 3. The molecule has 1 aliphatic rings. The lowest BCUT2D eigenvalue weighted by molar-refractivity contribution is 0.344. The molecule has 0 bridgehead atoms. The minimum Gasteiger partial charge on any atom is -0.348 e. The van der Waals surface area contributed by atoms with Crippen LogP contribution in [-0.2, 0) is 7.05 Å². The maximum Gasteiger partial charge on any atom is 0.355 e. The minimum absolute atomic E-state index is 0.00483. The molecule has 6 heteroatoms. The van der Waals surface area contributed by atoms with Crippen molar-refractivity contribution in [2.75, 3.05) is 19.0 Å². The van der Waals surface area contributed by atoms with Crippen LogP contribution < -0.4 is 16.3 Å². The molecule has 2 rings (SSSR count). The Kier molecular flexibility index (Phi) is 4.62. The van der Waals surface area contributed by atoms with Crippen LogP contribution in [-0.4, -0.2) is 28.2 Å². The summed E-state index contributed by atoms with van der Waals surface area (Å²) in [6, 6.07) is 0.00483. The third kappa shape index (κ3) is 2.94. The zero-order valence-corrected chi connectivity index (χ0v) is 12.6. The Bertz CT molecular complexity index is 566. The summed E-state index contributed by atoms with van der Waals surface area (Å²) in [6.45, 7) is 0. The number of hydrogen-bond donors (Lipinski definition) is 0. The zero-order valence-electron chi connectivity index (χ0n) is 12.6. The zero-order chi connectivity index (χ0) is 14.7. The molecule has 1 aliphatic carbocycles. The number of nitrogens with zero attached hydrogens (tertiary/aromatic N) is 4. The van der Waals surface area contributed by atoms with Gasteiger partial charge in [-0.1, -0.05) is 32.1 Å². The highest BCUT2D eigenvalue weighted by Gasteiger charge is 2.20. The Labute approximate surface area is 119 Å². The van der Waals surface area contributed by atoms with Crippen LogP contribution in [0.4, 0.5) is 5.95 Å². The maximum atomic E-state index is 12.5. The molecule has 1 fully saturated rings. The summed E-state index contributed by atoms with van der Waals surface area (Å²) < 4.78 is 2.82. The number of hydrogen-bond acceptors (Lipinski definition) is 4. The molecule has 0 radical (unpaired) electrons. The van der Waals surface area contributed by atoms with E-state index in [-0.39, 0.29) is 11.7 Å². The van der Waals surface area contributed by atoms with Gasteiger partial charge in [0.1, 0.15) is 0 Å². The average Bonchev–Trinajstić information content (AvgIpc) is 2.35. The van der Waals surface area contributed by atoms with Gasteiger partial charge in [0.2, 0.25) is 5.95 Å². The van der Waals surface area contributed by atoms with Crippen molar-refractivity contribution in [3.63, 3.8) is 0 Å². The third-order valence-electron chi connectivity index (χ3n) is 4.03. The lowest BCUT2D eigenvalue weighted by Crippen LogP contribution is -2.45. The summed E-state index contributed by atoms with van der Waals surface area (Å²) >= 11 is 0. The van der Waals surface area contributed by atoms with E-state index in [1.54, 1.807) is 26.0 Å². The first-order chi connectivity index (χ1) is 9.52. The van der Waals surface area contributed by atoms with Gasteiger partial charge in [-0.3, -0.25) is 4.57 Å². The van der Waals surface area contributed by atoms with E-state index in [1.165, 1.54) is 28.4 Å². The molecule has 0 spiro atoms. The van der Waals surface area contributed by atoms with E-state index in [9.17, 15) is 9.59 Å². The van der Waals surface area contributed by atoms with Gasteiger partial charge in [-0.05, 0) is 12.8 Å². The average molecular weight is 280 g/mol. The molecule has 0 unspecified atom stereocenters. The topological polar surface area (TPSA) is 60.1 Å². The summed E-state index contributed by atoms with van der Waals surface area (Å²) in [4.78, 5) is 30.4. The van der Waals surface area contributed by atoms with Gasteiger partial charge in [0.25, 0.3) is 0 Å². The van der Waals surface area contributed by atoms with Crippen LogP contribution in [0.1, 0.15) is 51.0 Å². The second-order valence-corrected chi connectivity index (χ2v) is 5.80. The fourth-order valence-electron chi connectivity index (χ4n) is 2.95. The van der Waals surface area contributed by atoms with Crippen LogP contribution in [0, 0.1) is 0 Å². The summed E-state index contributed by atoms with van der Waals surface area (Å²) in [5.41, 5.74) is -0.665. The van der Waals surface area contributed by atoms with Gasteiger partial charge in [0.05, 0.1) is 0 Å². The molecule has 0 atom stereocenters. The van der Waals surface area contributed by atoms with E-state index < -0.39 is 5.69 Å². The Hall–Kier alpha value is -1.59. The van der Waals surface area contributed by atoms with Gasteiger partial charge in [-0.15, -0.1) is 0 Å². The lowest BCUT2D eigenvalue weighted by Gasteiger charge is -2.23. The molecule has 0 aliphatic heterocycles. The lowest BCUT2D eigenvalue weighted by atomic mass is 9.97. The molecule has 112 valence electrons. The molecule has 1 heterocycles. The van der Waals surface area contributed by atoms with Crippen LogP contribution in [0.15, 0.2) is 9.59 Å². The molecule has 0 amide bonds. The fraction of sp³-hybridized carbons (Fsp3) is 0.786. The monoisotopic (exact) mass is 280 g/mol. The Morgan fingerprint density at radius 2 is 1.60 bits per heavy atom. The molecule has 0 N–H and O–H groups in total. The second kappa shape index (κ2) is 6.24. The van der Waals surface area contributed by atoms with Crippen molar-refractivity contribution < 1.29 is 0 Å². The normalized spacial score (nSPS) is 17.6.